The Morgan fingerprint density at radius 1 is 1.21 bits per heavy atom. The molecule has 1 aliphatic rings. The van der Waals surface area contributed by atoms with Gasteiger partial charge in [0.1, 0.15) is 0 Å². The minimum absolute atomic E-state index is 0.547. The van der Waals surface area contributed by atoms with Gasteiger partial charge in [0.25, 0.3) is 0 Å². The molecule has 0 bridgehead atoms. The molecule has 1 aromatic carbocycles. The molecule has 1 atom stereocenters. The van der Waals surface area contributed by atoms with Crippen molar-refractivity contribution in [2.24, 2.45) is 0 Å². The Morgan fingerprint density at radius 2 is 1.95 bits per heavy atom. The first-order chi connectivity index (χ1) is 9.25. The smallest absolute Gasteiger partial charge is 0.178 e. The van der Waals surface area contributed by atoms with Gasteiger partial charge in [0, 0.05) is 12.6 Å². The minimum Gasteiger partial charge on any atom is -0.331 e. The second-order valence-electron chi connectivity index (χ2n) is 5.50. The van der Waals surface area contributed by atoms with Gasteiger partial charge in [-0.25, -0.2) is 0 Å². The maximum Gasteiger partial charge on any atom is 0.178 e. The molecule has 0 spiro atoms. The van der Waals surface area contributed by atoms with Crippen LogP contribution in [0.15, 0.2) is 24.3 Å². The third kappa shape index (κ3) is 2.60. The fourth-order valence-electron chi connectivity index (χ4n) is 3.03. The van der Waals surface area contributed by atoms with E-state index >= 15 is 0 Å². The van der Waals surface area contributed by atoms with Crippen molar-refractivity contribution in [1.29, 1.82) is 0 Å². The molecule has 1 aliphatic heterocycles. The number of para-hydroxylation sites is 2. The number of hydrogen-bond acceptors (Lipinski definition) is 2. The number of hydrogen-bond donors (Lipinski definition) is 1. The van der Waals surface area contributed by atoms with Gasteiger partial charge in [0.2, 0.25) is 0 Å². The maximum absolute atomic E-state index is 5.46. The fraction of sp³-hybridized carbons (Fsp3) is 0.533. The summed E-state index contributed by atoms with van der Waals surface area (Å²) in [4.78, 5) is 5.88. The maximum atomic E-state index is 5.46. The van der Waals surface area contributed by atoms with Gasteiger partial charge in [-0.05, 0) is 57.2 Å². The molecule has 3 nitrogen and oxygen atoms in total. The third-order valence-electron chi connectivity index (χ3n) is 4.14. The number of imidazole rings is 1. The number of H-pyrrole nitrogens is 1. The van der Waals surface area contributed by atoms with Crippen molar-refractivity contribution in [3.8, 4) is 0 Å². The number of rotatable bonds is 3. The molecule has 2 aromatic rings. The molecule has 1 fully saturated rings. The van der Waals surface area contributed by atoms with Gasteiger partial charge < -0.3 is 9.55 Å². The van der Waals surface area contributed by atoms with Crippen LogP contribution in [0.5, 0.6) is 0 Å². The van der Waals surface area contributed by atoms with E-state index in [1.807, 2.05) is 6.07 Å². The highest BCUT2D eigenvalue weighted by Gasteiger charge is 2.18. The number of likely N-dealkylation sites (tertiary alicyclic amines) is 1. The Labute approximate surface area is 119 Å². The van der Waals surface area contributed by atoms with Gasteiger partial charge in [-0.2, -0.15) is 0 Å². The number of piperidine rings is 1. The lowest BCUT2D eigenvalue weighted by atomic mass is 10.1. The van der Waals surface area contributed by atoms with E-state index in [1.54, 1.807) is 0 Å². The second kappa shape index (κ2) is 5.47. The summed E-state index contributed by atoms with van der Waals surface area (Å²) in [7, 11) is 0. The monoisotopic (exact) mass is 275 g/mol. The largest absolute Gasteiger partial charge is 0.331 e. The third-order valence-corrected chi connectivity index (χ3v) is 4.46. The number of aromatic nitrogens is 2. The van der Waals surface area contributed by atoms with Crippen molar-refractivity contribution < 1.29 is 0 Å². The molecule has 2 heterocycles. The van der Waals surface area contributed by atoms with Crippen molar-refractivity contribution in [2.45, 2.75) is 38.8 Å². The van der Waals surface area contributed by atoms with E-state index in [1.165, 1.54) is 37.9 Å². The summed E-state index contributed by atoms with van der Waals surface area (Å²) < 4.78 is 3.08. The van der Waals surface area contributed by atoms with Crippen LogP contribution in [0.1, 0.15) is 26.2 Å². The zero-order valence-electron chi connectivity index (χ0n) is 11.4. The number of nitrogens with zero attached hydrogens (tertiary/aromatic N) is 2. The first kappa shape index (κ1) is 12.9. The van der Waals surface area contributed by atoms with Gasteiger partial charge >= 0.3 is 0 Å². The fourth-order valence-corrected chi connectivity index (χ4v) is 3.31. The molecule has 0 saturated carbocycles. The SMILES string of the molecule is CC(Cn1c(=S)[nH]c2ccccc21)N1CCCCC1. The number of nitrogens with one attached hydrogen (secondary N) is 1. The highest BCUT2D eigenvalue weighted by Crippen LogP contribution is 2.17. The number of aromatic amines is 1. The molecule has 1 saturated heterocycles. The first-order valence-electron chi connectivity index (χ1n) is 7.17. The van der Waals surface area contributed by atoms with Crippen LogP contribution in [-0.2, 0) is 6.54 Å². The molecular weight excluding hydrogens is 254 g/mol. The first-order valence-corrected chi connectivity index (χ1v) is 7.58. The van der Waals surface area contributed by atoms with Gasteiger partial charge in [-0.3, -0.25) is 4.90 Å². The van der Waals surface area contributed by atoms with Crippen LogP contribution in [0, 0.1) is 4.77 Å². The van der Waals surface area contributed by atoms with Crippen LogP contribution in [0.3, 0.4) is 0 Å². The number of benzene rings is 1. The summed E-state index contributed by atoms with van der Waals surface area (Å²) in [6.07, 6.45) is 4.06. The predicted octanol–water partition coefficient (Wildman–Crippen LogP) is 3.57. The van der Waals surface area contributed by atoms with Gasteiger partial charge in [0.05, 0.1) is 11.0 Å². The Kier molecular flexibility index (Phi) is 3.71. The summed E-state index contributed by atoms with van der Waals surface area (Å²) >= 11 is 5.46. The Hall–Kier alpha value is -1.13. The predicted molar refractivity (Wildman–Crippen MR) is 82.0 cm³/mol. The molecule has 1 N–H and O–H groups in total. The minimum atomic E-state index is 0.547. The lowest BCUT2D eigenvalue weighted by Gasteiger charge is -2.32. The standard InChI is InChI=1S/C15H21N3S/c1-12(17-9-5-2-6-10-17)11-18-14-8-4-3-7-13(14)16-15(18)19/h3-4,7-8,12H,2,5-6,9-11H2,1H3,(H,16,19). The molecule has 0 aliphatic carbocycles. The Bertz CT molecular complexity index is 607. The van der Waals surface area contributed by atoms with E-state index in [9.17, 15) is 0 Å². The normalized spacial score (nSPS) is 18.8. The quantitative estimate of drug-likeness (QED) is 0.866. The average molecular weight is 275 g/mol. The van der Waals surface area contributed by atoms with Crippen LogP contribution in [0.4, 0.5) is 0 Å². The topological polar surface area (TPSA) is 24.0 Å². The van der Waals surface area contributed by atoms with Gasteiger partial charge in [-0.15, -0.1) is 0 Å². The molecule has 3 rings (SSSR count). The molecule has 1 aromatic heterocycles. The van der Waals surface area contributed by atoms with Crippen LogP contribution in [0.2, 0.25) is 0 Å². The van der Waals surface area contributed by atoms with Crippen LogP contribution in [0.25, 0.3) is 11.0 Å². The Balaban J connectivity index is 1.84. The van der Waals surface area contributed by atoms with Crippen molar-refractivity contribution in [1.82, 2.24) is 14.5 Å². The second-order valence-corrected chi connectivity index (χ2v) is 5.89. The summed E-state index contributed by atoms with van der Waals surface area (Å²) in [5.74, 6) is 0. The lowest BCUT2D eigenvalue weighted by molar-refractivity contribution is 0.160. The van der Waals surface area contributed by atoms with E-state index < -0.39 is 0 Å². The highest BCUT2D eigenvalue weighted by molar-refractivity contribution is 7.71. The van der Waals surface area contributed by atoms with Crippen molar-refractivity contribution in [3.63, 3.8) is 0 Å². The molecule has 102 valence electrons. The molecule has 1 unspecified atom stereocenters. The van der Waals surface area contributed by atoms with Crippen molar-refractivity contribution >= 4 is 23.3 Å². The highest BCUT2D eigenvalue weighted by atomic mass is 32.1. The number of fused-ring (bicyclic) bond motifs is 1. The van der Waals surface area contributed by atoms with Crippen LogP contribution < -0.4 is 0 Å². The van der Waals surface area contributed by atoms with Gasteiger partial charge in [0.15, 0.2) is 4.77 Å². The van der Waals surface area contributed by atoms with Crippen molar-refractivity contribution in [3.05, 3.63) is 29.0 Å². The zero-order chi connectivity index (χ0) is 13.2. The zero-order valence-corrected chi connectivity index (χ0v) is 12.2. The van der Waals surface area contributed by atoms with E-state index in [0.717, 1.165) is 16.8 Å². The van der Waals surface area contributed by atoms with Crippen LogP contribution in [-0.4, -0.2) is 33.6 Å². The van der Waals surface area contributed by atoms with Gasteiger partial charge in [-0.1, -0.05) is 18.6 Å². The van der Waals surface area contributed by atoms with E-state index in [-0.39, 0.29) is 0 Å². The van der Waals surface area contributed by atoms with Crippen LogP contribution >= 0.6 is 12.2 Å². The van der Waals surface area contributed by atoms with E-state index in [2.05, 4.69) is 39.6 Å². The summed E-state index contributed by atoms with van der Waals surface area (Å²) in [5, 5.41) is 0. The average Bonchev–Trinajstić information content (AvgIpc) is 2.76. The van der Waals surface area contributed by atoms with E-state index in [4.69, 9.17) is 12.2 Å². The van der Waals surface area contributed by atoms with E-state index in [0.29, 0.717) is 6.04 Å². The summed E-state index contributed by atoms with van der Waals surface area (Å²) in [5.41, 5.74) is 2.36. The molecule has 19 heavy (non-hydrogen) atoms. The lowest BCUT2D eigenvalue weighted by Crippen LogP contribution is -2.39. The Morgan fingerprint density at radius 3 is 2.74 bits per heavy atom. The summed E-state index contributed by atoms with van der Waals surface area (Å²) in [6, 6.07) is 8.91. The molecular formula is C15H21N3S. The summed E-state index contributed by atoms with van der Waals surface area (Å²) in [6.45, 7) is 5.76. The molecule has 4 heteroatoms. The van der Waals surface area contributed by atoms with Crippen molar-refractivity contribution in [2.75, 3.05) is 13.1 Å². The molecule has 0 amide bonds. The molecule has 0 radical (unpaired) electrons.